The van der Waals surface area contributed by atoms with Crippen molar-refractivity contribution >= 4 is 28.5 Å². The first-order valence-electron chi connectivity index (χ1n) is 10.2. The fourth-order valence-corrected chi connectivity index (χ4v) is 4.40. The smallest absolute Gasteiger partial charge is 0.295 e. The maximum absolute atomic E-state index is 13.0. The van der Waals surface area contributed by atoms with Crippen LogP contribution in [0.3, 0.4) is 0 Å². The van der Waals surface area contributed by atoms with E-state index in [-0.39, 0.29) is 12.5 Å². The van der Waals surface area contributed by atoms with E-state index in [2.05, 4.69) is 6.92 Å². The Kier molecular flexibility index (Phi) is 5.20. The van der Waals surface area contributed by atoms with Crippen LogP contribution in [0.5, 0.6) is 0 Å². The Morgan fingerprint density at radius 3 is 2.46 bits per heavy atom. The molecule has 0 bridgehead atoms. The SMILES string of the molecule is C[C@H]1CCCN(C(=O)C(=O)c2cn(CC(=O)N3CCCC3)c3ccccc23)C1. The molecule has 0 N–H and O–H groups in total. The highest BCUT2D eigenvalue weighted by Crippen LogP contribution is 2.24. The molecule has 1 aromatic heterocycles. The van der Waals surface area contributed by atoms with E-state index in [0.29, 0.717) is 24.6 Å². The Morgan fingerprint density at radius 1 is 1.00 bits per heavy atom. The molecule has 0 radical (unpaired) electrons. The van der Waals surface area contributed by atoms with Crippen LogP contribution in [0.15, 0.2) is 30.5 Å². The summed E-state index contributed by atoms with van der Waals surface area (Å²) in [5.41, 5.74) is 1.21. The predicted octanol–water partition coefficient (Wildman–Crippen LogP) is 2.70. The highest BCUT2D eigenvalue weighted by atomic mass is 16.2. The van der Waals surface area contributed by atoms with E-state index in [1.165, 1.54) is 0 Å². The number of Topliss-reactive ketones (excluding diaryl/α,β-unsaturated/α-hetero) is 1. The van der Waals surface area contributed by atoms with Crippen LogP contribution >= 0.6 is 0 Å². The summed E-state index contributed by atoms with van der Waals surface area (Å²) in [4.78, 5) is 42.0. The molecule has 0 aliphatic carbocycles. The monoisotopic (exact) mass is 381 g/mol. The van der Waals surface area contributed by atoms with E-state index >= 15 is 0 Å². The van der Waals surface area contributed by atoms with Gasteiger partial charge in [0.05, 0.1) is 5.56 Å². The lowest BCUT2D eigenvalue weighted by atomic mass is 9.99. The third-order valence-electron chi connectivity index (χ3n) is 5.94. The van der Waals surface area contributed by atoms with Crippen LogP contribution in [0.25, 0.3) is 10.9 Å². The van der Waals surface area contributed by atoms with Crippen molar-refractivity contribution in [2.24, 2.45) is 5.92 Å². The molecule has 2 aromatic rings. The Morgan fingerprint density at radius 2 is 1.71 bits per heavy atom. The summed E-state index contributed by atoms with van der Waals surface area (Å²) >= 11 is 0. The number of para-hydroxylation sites is 1. The molecule has 2 saturated heterocycles. The third kappa shape index (κ3) is 3.55. The van der Waals surface area contributed by atoms with Gasteiger partial charge < -0.3 is 14.4 Å². The lowest BCUT2D eigenvalue weighted by Gasteiger charge is -2.30. The van der Waals surface area contributed by atoms with Gasteiger partial charge in [-0.05, 0) is 37.7 Å². The molecule has 2 amide bonds. The summed E-state index contributed by atoms with van der Waals surface area (Å²) in [6.07, 6.45) is 5.81. The fourth-order valence-electron chi connectivity index (χ4n) is 4.40. The maximum atomic E-state index is 13.0. The Balaban J connectivity index is 1.61. The molecule has 2 aliphatic rings. The molecular weight excluding hydrogens is 354 g/mol. The van der Waals surface area contributed by atoms with Gasteiger partial charge in [-0.25, -0.2) is 0 Å². The standard InChI is InChI=1S/C22H27N3O3/c1-16-7-6-12-24(13-16)22(28)21(27)18-14-25(19-9-3-2-8-17(18)19)15-20(26)23-10-4-5-11-23/h2-3,8-9,14,16H,4-7,10-13,15H2,1H3/t16-/m0/s1. The van der Waals surface area contributed by atoms with Crippen LogP contribution in [0.1, 0.15) is 43.0 Å². The van der Waals surface area contributed by atoms with Gasteiger partial charge in [-0.15, -0.1) is 0 Å². The summed E-state index contributed by atoms with van der Waals surface area (Å²) in [6, 6.07) is 7.50. The van der Waals surface area contributed by atoms with Crippen LogP contribution in [-0.2, 0) is 16.1 Å². The van der Waals surface area contributed by atoms with Gasteiger partial charge >= 0.3 is 0 Å². The number of fused-ring (bicyclic) bond motifs is 1. The minimum absolute atomic E-state index is 0.0634. The molecule has 0 unspecified atom stereocenters. The number of benzene rings is 1. The van der Waals surface area contributed by atoms with E-state index in [1.54, 1.807) is 11.1 Å². The van der Waals surface area contributed by atoms with Crippen LogP contribution in [-0.4, -0.2) is 58.1 Å². The second-order valence-corrected chi connectivity index (χ2v) is 8.10. The molecule has 2 fully saturated rings. The number of aromatic nitrogens is 1. The number of ketones is 1. The van der Waals surface area contributed by atoms with Gasteiger partial charge in [0.25, 0.3) is 11.7 Å². The number of carbonyl (C=O) groups is 3. The van der Waals surface area contributed by atoms with Gasteiger partial charge in [-0.3, -0.25) is 14.4 Å². The molecule has 2 aliphatic heterocycles. The molecule has 0 spiro atoms. The first-order chi connectivity index (χ1) is 13.5. The molecule has 28 heavy (non-hydrogen) atoms. The van der Waals surface area contributed by atoms with Crippen molar-refractivity contribution in [2.45, 2.75) is 39.2 Å². The Labute approximate surface area is 165 Å². The van der Waals surface area contributed by atoms with E-state index in [4.69, 9.17) is 0 Å². The van der Waals surface area contributed by atoms with Crippen LogP contribution in [0.2, 0.25) is 0 Å². The summed E-state index contributed by atoms with van der Waals surface area (Å²) in [6.45, 7) is 5.19. The minimum atomic E-state index is -0.474. The normalized spacial score (nSPS) is 20.0. The van der Waals surface area contributed by atoms with Crippen molar-refractivity contribution in [3.63, 3.8) is 0 Å². The zero-order valence-electron chi connectivity index (χ0n) is 16.4. The molecular formula is C22H27N3O3. The highest BCUT2D eigenvalue weighted by Gasteiger charge is 2.29. The number of rotatable bonds is 4. The number of hydrogen-bond donors (Lipinski definition) is 0. The molecule has 1 aromatic carbocycles. The number of amides is 2. The Bertz CT molecular complexity index is 911. The third-order valence-corrected chi connectivity index (χ3v) is 5.94. The van der Waals surface area contributed by atoms with E-state index in [1.807, 2.05) is 33.7 Å². The predicted molar refractivity (Wildman–Crippen MR) is 107 cm³/mol. The highest BCUT2D eigenvalue weighted by molar-refractivity contribution is 6.44. The van der Waals surface area contributed by atoms with Crippen molar-refractivity contribution in [1.29, 1.82) is 0 Å². The van der Waals surface area contributed by atoms with Gasteiger partial charge in [0.1, 0.15) is 6.54 Å². The number of hydrogen-bond acceptors (Lipinski definition) is 3. The number of likely N-dealkylation sites (tertiary alicyclic amines) is 2. The second kappa shape index (κ2) is 7.78. The number of nitrogens with zero attached hydrogens (tertiary/aromatic N) is 3. The molecule has 1 atom stereocenters. The summed E-state index contributed by atoms with van der Waals surface area (Å²) in [5, 5.41) is 0.736. The zero-order chi connectivity index (χ0) is 19.7. The summed E-state index contributed by atoms with van der Waals surface area (Å²) < 4.78 is 1.81. The van der Waals surface area contributed by atoms with Gasteiger partial charge in [0.2, 0.25) is 5.91 Å². The van der Waals surface area contributed by atoms with Crippen LogP contribution in [0.4, 0.5) is 0 Å². The van der Waals surface area contributed by atoms with Crippen molar-refractivity contribution in [3.8, 4) is 0 Å². The molecule has 4 rings (SSSR count). The molecule has 148 valence electrons. The molecule has 3 heterocycles. The lowest BCUT2D eigenvalue weighted by molar-refractivity contribution is -0.130. The van der Waals surface area contributed by atoms with E-state index < -0.39 is 11.7 Å². The quantitative estimate of drug-likeness (QED) is 0.604. The van der Waals surface area contributed by atoms with Crippen molar-refractivity contribution < 1.29 is 14.4 Å². The van der Waals surface area contributed by atoms with Gasteiger partial charge in [-0.1, -0.05) is 25.1 Å². The summed E-state index contributed by atoms with van der Waals surface area (Å²) in [7, 11) is 0. The second-order valence-electron chi connectivity index (χ2n) is 8.10. The van der Waals surface area contributed by atoms with Crippen molar-refractivity contribution in [2.75, 3.05) is 26.2 Å². The zero-order valence-corrected chi connectivity index (χ0v) is 16.4. The van der Waals surface area contributed by atoms with Crippen molar-refractivity contribution in [1.82, 2.24) is 14.4 Å². The average molecular weight is 381 g/mol. The molecule has 6 nitrogen and oxygen atoms in total. The fraction of sp³-hybridized carbons (Fsp3) is 0.500. The largest absolute Gasteiger partial charge is 0.341 e. The number of piperidine rings is 1. The maximum Gasteiger partial charge on any atom is 0.295 e. The number of carbonyl (C=O) groups excluding carboxylic acids is 3. The van der Waals surface area contributed by atoms with Crippen LogP contribution in [0, 0.1) is 5.92 Å². The van der Waals surface area contributed by atoms with Gasteiger partial charge in [0, 0.05) is 43.3 Å². The van der Waals surface area contributed by atoms with Crippen LogP contribution < -0.4 is 0 Å². The van der Waals surface area contributed by atoms with Gasteiger partial charge in [-0.2, -0.15) is 0 Å². The molecule has 0 saturated carbocycles. The minimum Gasteiger partial charge on any atom is -0.341 e. The molecule has 6 heteroatoms. The van der Waals surface area contributed by atoms with Crippen molar-refractivity contribution in [3.05, 3.63) is 36.0 Å². The first-order valence-corrected chi connectivity index (χ1v) is 10.2. The topological polar surface area (TPSA) is 62.6 Å². The Hall–Kier alpha value is -2.63. The van der Waals surface area contributed by atoms with E-state index in [0.717, 1.165) is 49.7 Å². The van der Waals surface area contributed by atoms with E-state index in [9.17, 15) is 14.4 Å². The first kappa shape index (κ1) is 18.7. The summed E-state index contributed by atoms with van der Waals surface area (Å²) in [5.74, 6) is -0.420. The average Bonchev–Trinajstić information content (AvgIpc) is 3.36. The lowest BCUT2D eigenvalue weighted by Crippen LogP contribution is -2.42. The van der Waals surface area contributed by atoms with Gasteiger partial charge in [0.15, 0.2) is 0 Å².